The molecule has 0 fully saturated rings. The molecule has 61 heavy (non-hydrogen) atoms. The van der Waals surface area contributed by atoms with Crippen molar-refractivity contribution in [1.29, 1.82) is 0 Å². The molecule has 0 saturated carbocycles. The van der Waals surface area contributed by atoms with Gasteiger partial charge in [-0.25, -0.2) is 14.4 Å². The molecule has 1 spiro atoms. The van der Waals surface area contributed by atoms with Crippen LogP contribution in [0.5, 0.6) is 23.0 Å². The molecule has 3 aromatic carbocycles. The van der Waals surface area contributed by atoms with Gasteiger partial charge in [0.15, 0.2) is 5.60 Å². The van der Waals surface area contributed by atoms with Gasteiger partial charge in [0.1, 0.15) is 23.0 Å². The molecule has 21 nitrogen and oxygen atoms in total. The summed E-state index contributed by atoms with van der Waals surface area (Å²) in [7, 11) is 0. The second-order valence-electron chi connectivity index (χ2n) is 13.0. The van der Waals surface area contributed by atoms with E-state index in [1.165, 1.54) is 12.1 Å². The van der Waals surface area contributed by atoms with E-state index in [4.69, 9.17) is 33.2 Å². The zero-order valence-corrected chi connectivity index (χ0v) is 32.8. The number of hydrogen-bond acceptors (Lipinski definition) is 21. The highest BCUT2D eigenvalue weighted by molar-refractivity contribution is 6.07. The number of aryl methyl sites for hydroxylation is 2. The average Bonchev–Trinajstić information content (AvgIpc) is 3.46. The molecule has 0 saturated heterocycles. The predicted molar refractivity (Wildman–Crippen MR) is 194 cm³/mol. The standard InChI is InChI=1S/C40H36O21/c1-19(41)52-15-56-35(47)7-5-23-9-29-33(13-31(23)45)60-34-14-32(46)24(6-8-36(48)57-16-53-20(2)42)10-30(34)40(29)28-12-26(38(50)59-18-55-22(4)44)25(11-27(28)39(51)61-40)37(49)58-17-54-21(3)43/h9-14,45-46H,5-8,15-18H2,1-4H3. The zero-order chi connectivity index (χ0) is 44.6. The highest BCUT2D eigenvalue weighted by atomic mass is 16.7. The monoisotopic (exact) mass is 852 g/mol. The number of rotatable bonds is 16. The Hall–Kier alpha value is -7.71. The molecule has 21 heteroatoms. The van der Waals surface area contributed by atoms with Gasteiger partial charge in [-0.05, 0) is 48.2 Å². The van der Waals surface area contributed by atoms with E-state index < -0.39 is 109 Å². The van der Waals surface area contributed by atoms with Crippen LogP contribution in [0.25, 0.3) is 0 Å². The van der Waals surface area contributed by atoms with Crippen molar-refractivity contribution < 1.29 is 101 Å². The van der Waals surface area contributed by atoms with Crippen LogP contribution in [0.3, 0.4) is 0 Å². The lowest BCUT2D eigenvalue weighted by molar-refractivity contribution is -0.167. The summed E-state index contributed by atoms with van der Waals surface area (Å²) in [4.78, 5) is 111. The number of ether oxygens (including phenoxy) is 10. The first kappa shape index (κ1) is 44.4. The number of hydrogen-bond donors (Lipinski definition) is 2. The van der Waals surface area contributed by atoms with Crippen molar-refractivity contribution in [3.63, 3.8) is 0 Å². The Morgan fingerprint density at radius 2 is 0.918 bits per heavy atom. The fourth-order valence-corrected chi connectivity index (χ4v) is 6.12. The molecule has 3 aromatic rings. The molecular weight excluding hydrogens is 816 g/mol. The highest BCUT2D eigenvalue weighted by Crippen LogP contribution is 2.58. The van der Waals surface area contributed by atoms with E-state index in [1.54, 1.807) is 0 Å². The number of phenols is 2. The second kappa shape index (κ2) is 18.9. The summed E-state index contributed by atoms with van der Waals surface area (Å²) in [6, 6.07) is 6.99. The van der Waals surface area contributed by atoms with Gasteiger partial charge in [-0.1, -0.05) is 0 Å². The maximum Gasteiger partial charge on any atom is 0.341 e. The van der Waals surface area contributed by atoms with Gasteiger partial charge in [0.2, 0.25) is 27.2 Å². The van der Waals surface area contributed by atoms with Gasteiger partial charge in [0.05, 0.1) is 16.7 Å². The first-order valence-electron chi connectivity index (χ1n) is 17.9. The predicted octanol–water partition coefficient (Wildman–Crippen LogP) is 3.01. The SMILES string of the molecule is CC(=O)OCOC(=O)CCc1cc2c(cc1O)Oc1cc(O)c(CCC(=O)OCOC(C)=O)cc1C21OC(=O)c2cc(C(=O)OCOC(C)=O)c(C(=O)OCOC(C)=O)cc21. The molecule has 2 N–H and O–H groups in total. The number of esters is 9. The van der Waals surface area contributed by atoms with Crippen LogP contribution in [-0.4, -0.2) is 91.1 Å². The minimum atomic E-state index is -2.16. The molecular formula is C40H36O21. The Morgan fingerprint density at radius 1 is 0.525 bits per heavy atom. The summed E-state index contributed by atoms with van der Waals surface area (Å²) < 4.78 is 50.9. The molecule has 0 unspecified atom stereocenters. The Kier molecular flexibility index (Phi) is 13.8. The van der Waals surface area contributed by atoms with Crippen molar-refractivity contribution in [2.75, 3.05) is 27.2 Å². The van der Waals surface area contributed by atoms with Crippen molar-refractivity contribution >= 4 is 53.7 Å². The van der Waals surface area contributed by atoms with E-state index in [0.717, 1.165) is 52.0 Å². The van der Waals surface area contributed by atoms with Gasteiger partial charge in [-0.3, -0.25) is 28.8 Å². The Morgan fingerprint density at radius 3 is 1.33 bits per heavy atom. The second-order valence-corrected chi connectivity index (χ2v) is 13.0. The molecule has 2 aliphatic heterocycles. The number of carbonyl (C=O) groups is 9. The summed E-state index contributed by atoms with van der Waals surface area (Å²) in [5.74, 6) is -9.32. The number of fused-ring (bicyclic) bond motifs is 6. The number of carbonyl (C=O) groups excluding carboxylic acids is 9. The van der Waals surface area contributed by atoms with Crippen LogP contribution in [-0.2, 0) is 89.8 Å². The molecule has 2 heterocycles. The molecule has 0 aromatic heterocycles. The first-order valence-corrected chi connectivity index (χ1v) is 17.9. The molecule has 0 atom stereocenters. The third-order valence-corrected chi connectivity index (χ3v) is 8.85. The van der Waals surface area contributed by atoms with Crippen LogP contribution < -0.4 is 4.74 Å². The Balaban J connectivity index is 1.68. The van der Waals surface area contributed by atoms with Crippen LogP contribution in [0.2, 0.25) is 0 Å². The fraction of sp³-hybridized carbons (Fsp3) is 0.325. The number of benzene rings is 3. The van der Waals surface area contributed by atoms with E-state index in [1.807, 2.05) is 0 Å². The summed E-state index contributed by atoms with van der Waals surface area (Å²) in [6.45, 7) is 1.22. The Labute approximate surface area is 344 Å². The van der Waals surface area contributed by atoms with Crippen LogP contribution >= 0.6 is 0 Å². The van der Waals surface area contributed by atoms with Crippen LogP contribution in [0.1, 0.15) is 99.4 Å². The molecule has 0 aliphatic carbocycles. The largest absolute Gasteiger partial charge is 0.508 e. The van der Waals surface area contributed by atoms with Crippen LogP contribution in [0.15, 0.2) is 36.4 Å². The maximum atomic E-state index is 14.0. The number of phenolic OH excluding ortho intramolecular Hbond substituents is 2. The van der Waals surface area contributed by atoms with E-state index in [0.29, 0.717) is 0 Å². The first-order chi connectivity index (χ1) is 28.9. The third-order valence-electron chi connectivity index (χ3n) is 8.85. The third kappa shape index (κ3) is 10.3. The quantitative estimate of drug-likeness (QED) is 0.119. The minimum absolute atomic E-state index is 0.00461. The Bertz CT molecular complexity index is 2230. The molecule has 0 bridgehead atoms. The maximum absolute atomic E-state index is 14.0. The lowest BCUT2D eigenvalue weighted by atomic mass is 9.75. The summed E-state index contributed by atoms with van der Waals surface area (Å²) in [5, 5.41) is 22.2. The van der Waals surface area contributed by atoms with Gasteiger partial charge < -0.3 is 57.6 Å². The topological polar surface area (TPSA) is 286 Å². The summed E-state index contributed by atoms with van der Waals surface area (Å²) in [5.41, 5.74) is -3.58. The van der Waals surface area contributed by atoms with Gasteiger partial charge in [-0.15, -0.1) is 0 Å². The van der Waals surface area contributed by atoms with Crippen molar-refractivity contribution in [3.05, 3.63) is 80.9 Å². The van der Waals surface area contributed by atoms with E-state index >= 15 is 0 Å². The highest BCUT2D eigenvalue weighted by Gasteiger charge is 2.55. The zero-order valence-electron chi connectivity index (χ0n) is 32.8. The molecule has 5 rings (SSSR count). The lowest BCUT2D eigenvalue weighted by Crippen LogP contribution is -2.33. The van der Waals surface area contributed by atoms with Gasteiger partial charge in [-0.2, -0.15) is 0 Å². The molecule has 0 amide bonds. The van der Waals surface area contributed by atoms with Gasteiger partial charge in [0.25, 0.3) is 0 Å². The summed E-state index contributed by atoms with van der Waals surface area (Å²) in [6.07, 6.45) is -1.09. The van der Waals surface area contributed by atoms with Gasteiger partial charge >= 0.3 is 53.7 Å². The lowest BCUT2D eigenvalue weighted by Gasteiger charge is -2.37. The minimum Gasteiger partial charge on any atom is -0.508 e. The van der Waals surface area contributed by atoms with Crippen molar-refractivity contribution in [2.24, 2.45) is 0 Å². The van der Waals surface area contributed by atoms with Crippen molar-refractivity contribution in [1.82, 2.24) is 0 Å². The van der Waals surface area contributed by atoms with Crippen molar-refractivity contribution in [3.8, 4) is 23.0 Å². The van der Waals surface area contributed by atoms with Crippen LogP contribution in [0.4, 0.5) is 0 Å². The van der Waals surface area contributed by atoms with Gasteiger partial charge in [0, 0.05) is 69.4 Å². The average molecular weight is 853 g/mol. The van der Waals surface area contributed by atoms with E-state index in [2.05, 4.69) is 14.2 Å². The fourth-order valence-electron chi connectivity index (χ4n) is 6.12. The molecule has 322 valence electrons. The molecule has 2 aliphatic rings. The summed E-state index contributed by atoms with van der Waals surface area (Å²) >= 11 is 0. The van der Waals surface area contributed by atoms with E-state index in [9.17, 15) is 53.4 Å². The van der Waals surface area contributed by atoms with E-state index in [-0.39, 0.29) is 70.6 Å². The van der Waals surface area contributed by atoms with Crippen molar-refractivity contribution in [2.45, 2.75) is 59.0 Å². The smallest absolute Gasteiger partial charge is 0.341 e. The molecule has 0 radical (unpaired) electrons. The number of aromatic hydroxyl groups is 2. The van der Waals surface area contributed by atoms with Crippen LogP contribution in [0, 0.1) is 0 Å². The normalized spacial score (nSPS) is 12.6.